The molecule has 38 heavy (non-hydrogen) atoms. The molecule has 2 aliphatic rings. The van der Waals surface area contributed by atoms with Gasteiger partial charge >= 0.3 is 6.18 Å². The third-order valence-electron chi connectivity index (χ3n) is 6.46. The van der Waals surface area contributed by atoms with Crippen molar-refractivity contribution in [2.75, 3.05) is 54.2 Å². The van der Waals surface area contributed by atoms with Crippen LogP contribution < -0.4 is 31.9 Å². The summed E-state index contributed by atoms with van der Waals surface area (Å²) < 4.78 is 41.1. The first kappa shape index (κ1) is 25.8. The minimum absolute atomic E-state index is 0.0896. The lowest BCUT2D eigenvalue weighted by atomic mass is 10.1. The Kier molecular flexibility index (Phi) is 6.90. The van der Waals surface area contributed by atoms with Crippen LogP contribution in [0.15, 0.2) is 48.8 Å². The van der Waals surface area contributed by atoms with Crippen molar-refractivity contribution in [2.45, 2.75) is 13.1 Å². The van der Waals surface area contributed by atoms with Gasteiger partial charge in [0.15, 0.2) is 5.13 Å². The topological polar surface area (TPSA) is 102 Å². The third-order valence-corrected chi connectivity index (χ3v) is 7.32. The molecule has 0 aliphatic carbocycles. The van der Waals surface area contributed by atoms with E-state index in [2.05, 4.69) is 26.2 Å². The van der Waals surface area contributed by atoms with Crippen molar-refractivity contribution in [3.8, 4) is 0 Å². The highest BCUT2D eigenvalue weighted by atomic mass is 32.1. The van der Waals surface area contributed by atoms with E-state index >= 15 is 0 Å². The Morgan fingerprint density at radius 2 is 1.89 bits per heavy atom. The minimum Gasteiger partial charge on any atom is -0.375 e. The molecule has 0 atom stereocenters. The number of anilines is 4. The molecule has 1 fully saturated rings. The number of carbonyl (C=O) groups excluding carboxylic acids is 1. The molecule has 200 valence electrons. The number of aromatic nitrogens is 1. The Morgan fingerprint density at radius 3 is 2.58 bits per heavy atom. The lowest BCUT2D eigenvalue weighted by molar-refractivity contribution is -0.137. The van der Waals surface area contributed by atoms with Gasteiger partial charge in [0.1, 0.15) is 0 Å². The molecule has 5 rings (SSSR count). The summed E-state index contributed by atoms with van der Waals surface area (Å²) in [6, 6.07) is 8.79. The van der Waals surface area contributed by atoms with Crippen molar-refractivity contribution in [2.24, 2.45) is 0 Å². The summed E-state index contributed by atoms with van der Waals surface area (Å²) in [5.41, 5.74) is 14.2. The normalized spacial score (nSPS) is 16.4. The number of thiazole rings is 1. The minimum atomic E-state index is -4.54. The number of nitrogens with two attached hydrogens (primary N) is 1. The van der Waals surface area contributed by atoms with Gasteiger partial charge in [-0.15, -0.1) is 5.53 Å². The highest BCUT2D eigenvalue weighted by Gasteiger charge is 2.32. The fourth-order valence-corrected chi connectivity index (χ4v) is 4.94. The number of carbonyl (C=O) groups is 1. The van der Waals surface area contributed by atoms with Gasteiger partial charge in [0.05, 0.1) is 21.8 Å². The van der Waals surface area contributed by atoms with Gasteiger partial charge in [-0.25, -0.2) is 4.98 Å². The summed E-state index contributed by atoms with van der Waals surface area (Å²) in [7, 11) is 1.98. The van der Waals surface area contributed by atoms with Crippen LogP contribution in [0.4, 0.5) is 35.4 Å². The van der Waals surface area contributed by atoms with E-state index in [1.54, 1.807) is 35.5 Å². The first-order valence-electron chi connectivity index (χ1n) is 11.9. The van der Waals surface area contributed by atoms with Crippen LogP contribution in [0, 0.1) is 6.92 Å². The van der Waals surface area contributed by atoms with Gasteiger partial charge in [-0.1, -0.05) is 17.4 Å². The van der Waals surface area contributed by atoms with Crippen molar-refractivity contribution < 1.29 is 18.0 Å². The van der Waals surface area contributed by atoms with Crippen LogP contribution in [-0.2, 0) is 6.18 Å². The molecule has 3 aromatic rings. The van der Waals surface area contributed by atoms with Crippen LogP contribution in [-0.4, -0.2) is 49.0 Å². The molecule has 0 saturated carbocycles. The summed E-state index contributed by atoms with van der Waals surface area (Å²) in [5.74, 6) is -0.513. The average molecular weight is 545 g/mol. The lowest BCUT2D eigenvalue weighted by Crippen LogP contribution is -2.44. The predicted octanol–water partition coefficient (Wildman–Crippen LogP) is 3.88. The number of hydrogen-bond donors (Lipinski definition) is 4. The van der Waals surface area contributed by atoms with Crippen molar-refractivity contribution in [3.05, 3.63) is 70.4 Å². The van der Waals surface area contributed by atoms with Gasteiger partial charge in [-0.3, -0.25) is 9.80 Å². The van der Waals surface area contributed by atoms with Crippen molar-refractivity contribution in [1.29, 1.82) is 0 Å². The van der Waals surface area contributed by atoms with Crippen LogP contribution in [0.5, 0.6) is 0 Å². The summed E-state index contributed by atoms with van der Waals surface area (Å²) in [4.78, 5) is 22.1. The number of aryl methyl sites for hydroxylation is 1. The number of piperazine rings is 1. The number of rotatable bonds is 5. The fraction of sp³-hybridized carbons (Fsp3) is 0.280. The number of benzene rings is 2. The highest BCUT2D eigenvalue weighted by molar-refractivity contribution is 7.16. The van der Waals surface area contributed by atoms with Crippen LogP contribution in [0.2, 0.25) is 0 Å². The molecular weight excluding hydrogens is 517 g/mol. The molecule has 1 saturated heterocycles. The summed E-state index contributed by atoms with van der Waals surface area (Å²) in [6.45, 7) is 4.59. The monoisotopic (exact) mass is 544 g/mol. The average Bonchev–Trinajstić information content (AvgIpc) is 3.53. The van der Waals surface area contributed by atoms with Crippen LogP contribution >= 0.6 is 11.3 Å². The highest BCUT2D eigenvalue weighted by Crippen LogP contribution is 2.35. The fourth-order valence-electron chi connectivity index (χ4n) is 4.29. The third kappa shape index (κ3) is 5.54. The zero-order chi connectivity index (χ0) is 27.0. The van der Waals surface area contributed by atoms with Crippen molar-refractivity contribution >= 4 is 45.1 Å². The molecule has 0 radical (unpaired) electrons. The Balaban J connectivity index is 1.39. The van der Waals surface area contributed by atoms with Gasteiger partial charge in [0.2, 0.25) is 0 Å². The molecule has 2 aromatic carbocycles. The summed E-state index contributed by atoms with van der Waals surface area (Å²) in [6.07, 6.45) is -1.07. The van der Waals surface area contributed by atoms with Crippen LogP contribution in [0.25, 0.3) is 5.70 Å². The number of likely N-dealkylation sites (N-methyl/N-ethyl adjacent to an activating group) is 1. The van der Waals surface area contributed by atoms with Gasteiger partial charge in [-0.2, -0.15) is 13.2 Å². The Hall–Kier alpha value is -3.81. The quantitative estimate of drug-likeness (QED) is 0.384. The second-order valence-electron chi connectivity index (χ2n) is 9.22. The van der Waals surface area contributed by atoms with E-state index in [1.165, 1.54) is 11.3 Å². The molecule has 0 spiro atoms. The van der Waals surface area contributed by atoms with Gasteiger partial charge in [0.25, 0.3) is 5.91 Å². The van der Waals surface area contributed by atoms with E-state index < -0.39 is 17.6 Å². The van der Waals surface area contributed by atoms with E-state index in [4.69, 9.17) is 5.73 Å². The molecule has 1 amide bonds. The van der Waals surface area contributed by atoms with Crippen LogP contribution in [0.1, 0.15) is 26.4 Å². The molecule has 1 aromatic heterocycles. The molecule has 13 heteroatoms. The number of nitrogens with one attached hydrogen (secondary N) is 3. The van der Waals surface area contributed by atoms with E-state index in [9.17, 15) is 18.0 Å². The Bertz CT molecular complexity index is 1380. The lowest BCUT2D eigenvalue weighted by Gasteiger charge is -2.34. The van der Waals surface area contributed by atoms with E-state index in [0.29, 0.717) is 35.2 Å². The number of alkyl halides is 3. The molecule has 9 nitrogen and oxygen atoms in total. The largest absolute Gasteiger partial charge is 0.416 e. The number of nitrogens with zero attached hydrogens (tertiary/aromatic N) is 4. The maximum atomic E-state index is 13.7. The second kappa shape index (κ2) is 10.2. The Labute approximate surface area is 221 Å². The zero-order valence-corrected chi connectivity index (χ0v) is 21.6. The number of nitrogen functional groups attached to an aromatic ring is 1. The van der Waals surface area contributed by atoms with Gasteiger partial charge < -0.3 is 26.3 Å². The molecular formula is C25H27F3N8OS. The molecule has 5 N–H and O–H groups in total. The second-order valence-corrected chi connectivity index (χ2v) is 10.3. The molecule has 3 heterocycles. The SMILES string of the molecule is Cc1ccc(C(=O)Nc2cc(N3CCN(C)CC3)cc(C(F)(F)F)c2)cc1N1C=C(c2cnc(N)s2)NN1. The Morgan fingerprint density at radius 1 is 1.13 bits per heavy atom. The van der Waals surface area contributed by atoms with Gasteiger partial charge in [0, 0.05) is 55.5 Å². The summed E-state index contributed by atoms with van der Waals surface area (Å²) >= 11 is 1.33. The summed E-state index contributed by atoms with van der Waals surface area (Å²) in [5, 5.41) is 4.83. The number of amides is 1. The molecule has 0 unspecified atom stereocenters. The van der Waals surface area contributed by atoms with E-state index in [-0.39, 0.29) is 5.69 Å². The van der Waals surface area contributed by atoms with Crippen molar-refractivity contribution in [1.82, 2.24) is 20.8 Å². The molecule has 2 aliphatic heterocycles. The number of hydrazine groups is 2. The first-order chi connectivity index (χ1) is 18.1. The molecule has 0 bridgehead atoms. The van der Waals surface area contributed by atoms with Crippen LogP contribution in [0.3, 0.4) is 0 Å². The zero-order valence-electron chi connectivity index (χ0n) is 20.8. The first-order valence-corrected chi connectivity index (χ1v) is 12.7. The standard InChI is InChI=1S/C25H27F3N8OS/c1-15-3-4-16(9-21(15)36-14-20(32-33-36)22-13-30-24(29)38-22)23(37)31-18-10-17(25(26,27)28)11-19(12-18)35-7-5-34(2)6-8-35/h3-4,9-14,32-33H,5-8H2,1-2H3,(H2,29,30)(H,31,37). The number of hydrogen-bond acceptors (Lipinski definition) is 9. The maximum Gasteiger partial charge on any atom is 0.416 e. The van der Waals surface area contributed by atoms with E-state index in [1.807, 2.05) is 25.1 Å². The predicted molar refractivity (Wildman–Crippen MR) is 144 cm³/mol. The number of halogens is 3. The van der Waals surface area contributed by atoms with E-state index in [0.717, 1.165) is 41.4 Å². The van der Waals surface area contributed by atoms with Crippen molar-refractivity contribution in [3.63, 3.8) is 0 Å². The maximum absolute atomic E-state index is 13.7. The van der Waals surface area contributed by atoms with Gasteiger partial charge in [-0.05, 0) is 49.9 Å². The smallest absolute Gasteiger partial charge is 0.375 e.